The molecule has 0 heterocycles. The number of ketones is 1. The van der Waals surface area contributed by atoms with Gasteiger partial charge in [-0.05, 0) is 19.1 Å². The van der Waals surface area contributed by atoms with Gasteiger partial charge in [-0.3, -0.25) is 4.79 Å². The van der Waals surface area contributed by atoms with Crippen LogP contribution in [0.25, 0.3) is 0 Å². The molecular weight excluding hydrogens is 203 g/mol. The van der Waals surface area contributed by atoms with Gasteiger partial charge in [-0.25, -0.2) is 0 Å². The van der Waals surface area contributed by atoms with Gasteiger partial charge < -0.3 is 0 Å². The Bertz CT molecular complexity index is 301. The van der Waals surface area contributed by atoms with Gasteiger partial charge in [-0.2, -0.15) is 0 Å². The van der Waals surface area contributed by atoms with Crippen LogP contribution in [0.5, 0.6) is 0 Å². The quantitative estimate of drug-likeness (QED) is 0.427. The fourth-order valence-electron chi connectivity index (χ4n) is 0.726. The molecule has 0 unspecified atom stereocenters. The van der Waals surface area contributed by atoms with Crippen LogP contribution >= 0.6 is 24.2 Å². The molecule has 1 aromatic carbocycles. The number of carbonyl (C=O) groups is 1. The van der Waals surface area contributed by atoms with E-state index in [4.69, 9.17) is 11.6 Å². The third-order valence-electron chi connectivity index (χ3n) is 1.35. The summed E-state index contributed by atoms with van der Waals surface area (Å²) in [7, 11) is 0. The first-order chi connectivity index (χ1) is 5.11. The van der Waals surface area contributed by atoms with Gasteiger partial charge in [0, 0.05) is 10.5 Å². The van der Waals surface area contributed by atoms with Crippen molar-refractivity contribution in [2.75, 3.05) is 0 Å². The van der Waals surface area contributed by atoms with Crippen LogP contribution in [-0.2, 0) is 0 Å². The summed E-state index contributed by atoms with van der Waals surface area (Å²) in [6.07, 6.45) is 0. The van der Waals surface area contributed by atoms with Gasteiger partial charge >= 0.3 is 29.6 Å². The van der Waals surface area contributed by atoms with E-state index in [9.17, 15) is 4.79 Å². The Morgan fingerprint density at radius 2 is 2.08 bits per heavy atom. The van der Waals surface area contributed by atoms with Crippen LogP contribution in [0.1, 0.15) is 17.3 Å². The van der Waals surface area contributed by atoms with E-state index in [0.29, 0.717) is 15.5 Å². The molecule has 1 aromatic rings. The van der Waals surface area contributed by atoms with E-state index in [-0.39, 0.29) is 35.3 Å². The van der Waals surface area contributed by atoms with Gasteiger partial charge in [0.05, 0.1) is 5.02 Å². The summed E-state index contributed by atoms with van der Waals surface area (Å²) in [5.74, 6) is 0.0141. The second-order valence-corrected chi connectivity index (χ2v) is 3.11. The minimum absolute atomic E-state index is 0. The second-order valence-electron chi connectivity index (χ2n) is 2.22. The zero-order valence-corrected chi connectivity index (χ0v) is 7.62. The summed E-state index contributed by atoms with van der Waals surface area (Å²) in [5, 5.41) is 0.515. The molecule has 0 aliphatic heterocycles. The predicted octanol–water partition coefficient (Wildman–Crippen LogP) is 2.18. The van der Waals surface area contributed by atoms with Crippen molar-refractivity contribution >= 4 is 59.6 Å². The molecule has 0 aromatic heterocycles. The molecule has 0 amide bonds. The maximum absolute atomic E-state index is 10.8. The molecule has 1 nitrogen and oxygen atoms in total. The summed E-state index contributed by atoms with van der Waals surface area (Å²) >= 11 is 9.80. The third-order valence-corrected chi connectivity index (χ3v) is 2.19. The molecule has 60 valence electrons. The summed E-state index contributed by atoms with van der Waals surface area (Å²) in [6, 6.07) is 5.03. The monoisotopic (exact) mass is 210 g/mol. The van der Waals surface area contributed by atoms with Gasteiger partial charge in [0.1, 0.15) is 0 Å². The Morgan fingerprint density at radius 1 is 1.50 bits per heavy atom. The van der Waals surface area contributed by atoms with Crippen LogP contribution in [0.15, 0.2) is 23.1 Å². The van der Waals surface area contributed by atoms with E-state index in [1.807, 2.05) is 0 Å². The Morgan fingerprint density at radius 3 is 2.50 bits per heavy atom. The van der Waals surface area contributed by atoms with Crippen molar-refractivity contribution in [1.82, 2.24) is 0 Å². The molecule has 0 N–H and O–H groups in total. The maximum atomic E-state index is 10.8. The molecule has 0 aliphatic carbocycles. The molecule has 1 rings (SSSR count). The van der Waals surface area contributed by atoms with Crippen LogP contribution in [-0.4, -0.2) is 35.3 Å². The van der Waals surface area contributed by atoms with Crippen molar-refractivity contribution in [1.29, 1.82) is 0 Å². The zero-order chi connectivity index (χ0) is 8.43. The van der Waals surface area contributed by atoms with Gasteiger partial charge in [0.2, 0.25) is 0 Å². The predicted molar refractivity (Wildman–Crippen MR) is 55.9 cm³/mol. The minimum atomic E-state index is 0. The molecule has 4 heteroatoms. The van der Waals surface area contributed by atoms with E-state index >= 15 is 0 Å². The Labute approximate surface area is 104 Å². The van der Waals surface area contributed by atoms with Gasteiger partial charge in [-0.1, -0.05) is 17.7 Å². The van der Waals surface area contributed by atoms with Gasteiger partial charge in [0.25, 0.3) is 0 Å². The van der Waals surface area contributed by atoms with Crippen LogP contribution < -0.4 is 0 Å². The average Bonchev–Trinajstić information content (AvgIpc) is 1.94. The topological polar surface area (TPSA) is 17.1 Å². The average molecular weight is 211 g/mol. The van der Waals surface area contributed by atoms with Crippen molar-refractivity contribution in [3.05, 3.63) is 28.8 Å². The van der Waals surface area contributed by atoms with Gasteiger partial charge in [-0.15, -0.1) is 12.6 Å². The standard InChI is InChI=1S/C8H7ClOS.Na.H/c1-5(10)6-2-3-8(11)7(9)4-6;;/h2-4,11H,1H3;;. The van der Waals surface area contributed by atoms with Crippen molar-refractivity contribution in [2.45, 2.75) is 11.8 Å². The molecule has 12 heavy (non-hydrogen) atoms. The number of hydrogen-bond donors (Lipinski definition) is 1. The van der Waals surface area contributed by atoms with Crippen LogP contribution in [0.4, 0.5) is 0 Å². The number of benzene rings is 1. The van der Waals surface area contributed by atoms with Crippen LogP contribution in [0.2, 0.25) is 5.02 Å². The van der Waals surface area contributed by atoms with E-state index in [0.717, 1.165) is 0 Å². The first-order valence-electron chi connectivity index (χ1n) is 3.10. The van der Waals surface area contributed by atoms with Crippen molar-refractivity contribution in [2.24, 2.45) is 0 Å². The number of carbonyl (C=O) groups excluding carboxylic acids is 1. The van der Waals surface area contributed by atoms with Crippen molar-refractivity contribution < 1.29 is 4.79 Å². The number of halogens is 1. The Balaban J connectivity index is 0.00000121. The van der Waals surface area contributed by atoms with Crippen LogP contribution in [0.3, 0.4) is 0 Å². The summed E-state index contributed by atoms with van der Waals surface area (Å²) in [4.78, 5) is 11.5. The summed E-state index contributed by atoms with van der Waals surface area (Å²) in [6.45, 7) is 1.50. The molecule has 0 fully saturated rings. The molecular formula is C8H8ClNaOS. The number of thiol groups is 1. The molecule has 0 saturated carbocycles. The summed E-state index contributed by atoms with van der Waals surface area (Å²) < 4.78 is 0. The normalized spacial score (nSPS) is 8.92. The Kier molecular flexibility index (Phi) is 5.53. The third kappa shape index (κ3) is 3.11. The van der Waals surface area contributed by atoms with E-state index in [2.05, 4.69) is 12.6 Å². The number of hydrogen-bond acceptors (Lipinski definition) is 2. The number of Topliss-reactive ketones (excluding diaryl/α,β-unsaturated/α-hetero) is 1. The number of rotatable bonds is 1. The SMILES string of the molecule is CC(=O)c1ccc(S)c(Cl)c1.[NaH]. The zero-order valence-electron chi connectivity index (χ0n) is 5.97. The van der Waals surface area contributed by atoms with Crippen LogP contribution in [0, 0.1) is 0 Å². The fourth-order valence-corrected chi connectivity index (χ4v) is 1.05. The molecule has 0 atom stereocenters. The van der Waals surface area contributed by atoms with E-state index in [1.165, 1.54) is 6.92 Å². The molecule has 0 aliphatic rings. The molecule has 0 bridgehead atoms. The molecule has 0 saturated heterocycles. The Hall–Kier alpha value is 0.530. The first kappa shape index (κ1) is 12.5. The fraction of sp³-hybridized carbons (Fsp3) is 0.125. The van der Waals surface area contributed by atoms with E-state index < -0.39 is 0 Å². The van der Waals surface area contributed by atoms with Gasteiger partial charge in [0.15, 0.2) is 5.78 Å². The first-order valence-corrected chi connectivity index (χ1v) is 3.93. The van der Waals surface area contributed by atoms with Crippen molar-refractivity contribution in [3.63, 3.8) is 0 Å². The summed E-state index contributed by atoms with van der Waals surface area (Å²) in [5.41, 5.74) is 0.618. The molecule has 0 spiro atoms. The molecule has 0 radical (unpaired) electrons. The van der Waals surface area contributed by atoms with Crippen molar-refractivity contribution in [3.8, 4) is 0 Å². The second kappa shape index (κ2) is 5.30. The van der Waals surface area contributed by atoms with E-state index in [1.54, 1.807) is 18.2 Å².